The van der Waals surface area contributed by atoms with Crippen molar-refractivity contribution in [2.24, 2.45) is 0 Å². The van der Waals surface area contributed by atoms with Crippen LogP contribution in [0.25, 0.3) is 6.08 Å². The van der Waals surface area contributed by atoms with Crippen LogP contribution in [0.2, 0.25) is 10.0 Å². The summed E-state index contributed by atoms with van der Waals surface area (Å²) in [5, 5.41) is 0.512. The summed E-state index contributed by atoms with van der Waals surface area (Å²) in [7, 11) is 0. The third kappa shape index (κ3) is 4.18. The Kier molecular flexibility index (Phi) is 5.38. The molecule has 0 aliphatic heterocycles. The minimum Gasteiger partial charge on any atom is -0.772 e. The van der Waals surface area contributed by atoms with Gasteiger partial charge in [0.2, 0.25) is 0 Å². The predicted molar refractivity (Wildman–Crippen MR) is 83.6 cm³/mol. The average molecular weight is 326 g/mol. The van der Waals surface area contributed by atoms with E-state index >= 15 is 0 Å². The van der Waals surface area contributed by atoms with E-state index in [4.69, 9.17) is 23.2 Å². The highest BCUT2D eigenvalue weighted by Gasteiger charge is 2.08. The van der Waals surface area contributed by atoms with Crippen LogP contribution in [0.3, 0.4) is 0 Å². The maximum atomic E-state index is 11.4. The van der Waals surface area contributed by atoms with Gasteiger partial charge in [0.05, 0.1) is 5.25 Å². The van der Waals surface area contributed by atoms with Gasteiger partial charge in [0.1, 0.15) is 0 Å². The molecule has 2 aromatic rings. The van der Waals surface area contributed by atoms with E-state index in [0.717, 1.165) is 5.56 Å². The van der Waals surface area contributed by atoms with Gasteiger partial charge in [-0.05, 0) is 46.5 Å². The van der Waals surface area contributed by atoms with Crippen LogP contribution in [0.4, 0.5) is 0 Å². The van der Waals surface area contributed by atoms with Crippen molar-refractivity contribution >= 4 is 40.4 Å². The Balaban J connectivity index is 2.23. The minimum atomic E-state index is -2.24. The molecule has 2 rings (SSSR count). The van der Waals surface area contributed by atoms with Crippen molar-refractivity contribution in [1.29, 1.82) is 0 Å². The van der Waals surface area contributed by atoms with Crippen LogP contribution in [-0.2, 0) is 11.1 Å². The smallest absolute Gasteiger partial charge is 0.0648 e. The standard InChI is InChI=1S/C15H12Cl2O2S/c16-13-6-1-11(2-7-13)3-10-15(20(18)19)12-4-8-14(17)9-5-12/h1-10,15H,(H,18,19)/p-1. The molecular weight excluding hydrogens is 315 g/mol. The summed E-state index contributed by atoms with van der Waals surface area (Å²) in [6.45, 7) is 0. The van der Waals surface area contributed by atoms with E-state index in [1.807, 2.05) is 12.1 Å². The molecule has 20 heavy (non-hydrogen) atoms. The molecule has 0 aromatic heterocycles. The lowest BCUT2D eigenvalue weighted by atomic mass is 10.1. The minimum absolute atomic E-state index is 0.575. The lowest BCUT2D eigenvalue weighted by molar-refractivity contribution is 0.531. The molecule has 0 aliphatic rings. The summed E-state index contributed by atoms with van der Waals surface area (Å²) in [5.41, 5.74) is 1.56. The van der Waals surface area contributed by atoms with Crippen molar-refractivity contribution in [3.8, 4) is 0 Å². The Morgan fingerprint density at radius 2 is 1.45 bits per heavy atom. The highest BCUT2D eigenvalue weighted by Crippen LogP contribution is 2.23. The molecular formula is C15H11Cl2O2S-. The van der Waals surface area contributed by atoms with E-state index in [2.05, 4.69) is 0 Å². The molecule has 2 nitrogen and oxygen atoms in total. The van der Waals surface area contributed by atoms with Crippen LogP contribution >= 0.6 is 23.2 Å². The third-order valence-electron chi connectivity index (χ3n) is 2.74. The Morgan fingerprint density at radius 3 is 1.95 bits per heavy atom. The Morgan fingerprint density at radius 1 is 0.950 bits per heavy atom. The molecule has 0 bridgehead atoms. The van der Waals surface area contributed by atoms with Crippen molar-refractivity contribution in [3.05, 3.63) is 75.8 Å². The highest BCUT2D eigenvalue weighted by molar-refractivity contribution is 7.79. The van der Waals surface area contributed by atoms with Crippen molar-refractivity contribution in [1.82, 2.24) is 0 Å². The van der Waals surface area contributed by atoms with Crippen LogP contribution in [0, 0.1) is 0 Å². The van der Waals surface area contributed by atoms with Crippen LogP contribution in [0.1, 0.15) is 16.4 Å². The van der Waals surface area contributed by atoms with E-state index in [0.29, 0.717) is 15.6 Å². The fourth-order valence-corrected chi connectivity index (χ4v) is 2.55. The molecule has 0 saturated carbocycles. The summed E-state index contributed by atoms with van der Waals surface area (Å²) in [6, 6.07) is 13.9. The Hall–Kier alpha value is -1.13. The van der Waals surface area contributed by atoms with Gasteiger partial charge in [-0.15, -0.1) is 0 Å². The lowest BCUT2D eigenvalue weighted by Crippen LogP contribution is -2.02. The van der Waals surface area contributed by atoms with Crippen LogP contribution < -0.4 is 0 Å². The molecule has 5 heteroatoms. The quantitative estimate of drug-likeness (QED) is 0.769. The Bertz CT molecular complexity index is 621. The van der Waals surface area contributed by atoms with Gasteiger partial charge in [-0.25, -0.2) is 0 Å². The van der Waals surface area contributed by atoms with Gasteiger partial charge in [0.15, 0.2) is 0 Å². The number of benzene rings is 2. The monoisotopic (exact) mass is 325 g/mol. The third-order valence-corrected chi connectivity index (χ3v) is 4.09. The van der Waals surface area contributed by atoms with E-state index in [-0.39, 0.29) is 0 Å². The molecule has 2 unspecified atom stereocenters. The molecule has 0 saturated heterocycles. The zero-order valence-electron chi connectivity index (χ0n) is 10.3. The average Bonchev–Trinajstić information content (AvgIpc) is 2.43. The number of halogens is 2. The summed E-state index contributed by atoms with van der Waals surface area (Å²) in [5.74, 6) is 0. The topological polar surface area (TPSA) is 40.1 Å². The van der Waals surface area contributed by atoms with Gasteiger partial charge in [0.25, 0.3) is 0 Å². The second kappa shape index (κ2) is 7.04. The number of hydrogen-bond donors (Lipinski definition) is 0. The lowest BCUT2D eigenvalue weighted by Gasteiger charge is -2.16. The molecule has 2 aromatic carbocycles. The van der Waals surface area contributed by atoms with Gasteiger partial charge in [0, 0.05) is 10.0 Å². The van der Waals surface area contributed by atoms with E-state index in [1.54, 1.807) is 48.6 Å². The second-order valence-electron chi connectivity index (χ2n) is 4.14. The summed E-state index contributed by atoms with van der Waals surface area (Å²) < 4.78 is 22.7. The first kappa shape index (κ1) is 15.3. The summed E-state index contributed by atoms with van der Waals surface area (Å²) in [4.78, 5) is 0. The van der Waals surface area contributed by atoms with E-state index in [9.17, 15) is 8.76 Å². The zero-order valence-corrected chi connectivity index (χ0v) is 12.7. The molecule has 104 valence electrons. The first-order valence-corrected chi connectivity index (χ1v) is 7.73. The Labute approximate surface area is 130 Å². The number of rotatable bonds is 4. The first-order chi connectivity index (χ1) is 9.56. The molecule has 0 spiro atoms. The maximum absolute atomic E-state index is 11.4. The summed E-state index contributed by atoms with van der Waals surface area (Å²) in [6.07, 6.45) is 3.39. The van der Waals surface area contributed by atoms with Gasteiger partial charge < -0.3 is 4.55 Å². The molecule has 0 heterocycles. The van der Waals surface area contributed by atoms with Crippen LogP contribution in [0.5, 0.6) is 0 Å². The molecule has 0 aliphatic carbocycles. The van der Waals surface area contributed by atoms with E-state index < -0.39 is 16.3 Å². The van der Waals surface area contributed by atoms with Gasteiger partial charge in [-0.2, -0.15) is 0 Å². The van der Waals surface area contributed by atoms with Gasteiger partial charge in [-0.1, -0.05) is 59.6 Å². The van der Waals surface area contributed by atoms with Crippen LogP contribution in [0.15, 0.2) is 54.6 Å². The van der Waals surface area contributed by atoms with Crippen molar-refractivity contribution < 1.29 is 8.76 Å². The highest BCUT2D eigenvalue weighted by atomic mass is 35.5. The molecule has 2 atom stereocenters. The maximum Gasteiger partial charge on any atom is 0.0648 e. The number of hydrogen-bond acceptors (Lipinski definition) is 2. The van der Waals surface area contributed by atoms with Crippen LogP contribution in [-0.4, -0.2) is 8.76 Å². The van der Waals surface area contributed by atoms with Gasteiger partial charge >= 0.3 is 0 Å². The summed E-state index contributed by atoms with van der Waals surface area (Å²) >= 11 is 9.35. The predicted octanol–water partition coefficient (Wildman–Crippen LogP) is 4.63. The SMILES string of the molecule is O=S([O-])C(C=Cc1ccc(Cl)cc1)c1ccc(Cl)cc1. The van der Waals surface area contributed by atoms with Crippen molar-refractivity contribution in [3.63, 3.8) is 0 Å². The largest absolute Gasteiger partial charge is 0.772 e. The molecule has 0 amide bonds. The van der Waals surface area contributed by atoms with Gasteiger partial charge in [-0.3, -0.25) is 4.21 Å². The molecule has 0 radical (unpaired) electrons. The molecule has 0 N–H and O–H groups in total. The zero-order chi connectivity index (χ0) is 14.5. The fraction of sp³-hybridized carbons (Fsp3) is 0.0667. The normalized spacial score (nSPS) is 14.3. The first-order valence-electron chi connectivity index (χ1n) is 5.83. The van der Waals surface area contributed by atoms with Crippen molar-refractivity contribution in [2.45, 2.75) is 5.25 Å². The second-order valence-corrected chi connectivity index (χ2v) is 6.05. The molecule has 0 fully saturated rings. The fourth-order valence-electron chi connectivity index (χ4n) is 1.71. The van der Waals surface area contributed by atoms with E-state index in [1.165, 1.54) is 0 Å². The van der Waals surface area contributed by atoms with Crippen molar-refractivity contribution in [2.75, 3.05) is 0 Å².